The van der Waals surface area contributed by atoms with Gasteiger partial charge in [-0.25, -0.2) is 0 Å². The minimum Gasteiger partial charge on any atom is -0.462 e. The monoisotopic (exact) mass is 521 g/mol. The summed E-state index contributed by atoms with van der Waals surface area (Å²) in [5.74, 6) is -1.05. The van der Waals surface area contributed by atoms with Crippen LogP contribution >= 0.6 is 0 Å². The van der Waals surface area contributed by atoms with E-state index in [0.29, 0.717) is 19.4 Å². The van der Waals surface area contributed by atoms with Crippen LogP contribution in [0.5, 0.6) is 0 Å². The molecule has 1 aliphatic heterocycles. The lowest BCUT2D eigenvalue weighted by Gasteiger charge is -2.69. The zero-order valence-electron chi connectivity index (χ0n) is 23.0. The number of esters is 2. The second kappa shape index (κ2) is 8.62. The van der Waals surface area contributed by atoms with E-state index in [1.54, 1.807) is 21.3 Å². The maximum atomic E-state index is 12.9. The SMILES string of the molecule is CCN1C[C@]2(COC)CCC(O)C34[C@@H]5C[C@H]6C(OC(C)=O)[C@@H]5[C@](OC(C)=O)(C[C@@H]6OC)[C@@H](C(OC)[C@@H]32)[C@H]14. The number of ether oxygens (including phenoxy) is 5. The van der Waals surface area contributed by atoms with Crippen molar-refractivity contribution < 1.29 is 38.4 Å². The van der Waals surface area contributed by atoms with Crippen LogP contribution in [-0.2, 0) is 33.3 Å². The molecule has 9 heteroatoms. The first kappa shape index (κ1) is 26.0. The summed E-state index contributed by atoms with van der Waals surface area (Å²) >= 11 is 0. The molecule has 4 unspecified atom stereocenters. The van der Waals surface area contributed by atoms with Gasteiger partial charge in [0.25, 0.3) is 0 Å². The first-order valence-electron chi connectivity index (χ1n) is 14.0. The van der Waals surface area contributed by atoms with Gasteiger partial charge in [0.1, 0.15) is 11.7 Å². The summed E-state index contributed by atoms with van der Waals surface area (Å²) in [7, 11) is 5.22. The van der Waals surface area contributed by atoms with E-state index in [1.807, 2.05) is 0 Å². The van der Waals surface area contributed by atoms with Crippen molar-refractivity contribution in [3.8, 4) is 0 Å². The molecular formula is C28H43NO8. The number of nitrogens with zero attached hydrogens (tertiary/aromatic N) is 1. The molecule has 208 valence electrons. The topological polar surface area (TPSA) is 104 Å². The van der Waals surface area contributed by atoms with Crippen LogP contribution in [0.25, 0.3) is 0 Å². The van der Waals surface area contributed by atoms with Gasteiger partial charge in [0.15, 0.2) is 0 Å². The Morgan fingerprint density at radius 1 is 1.05 bits per heavy atom. The third kappa shape index (κ3) is 2.98. The second-order valence-corrected chi connectivity index (χ2v) is 12.7. The van der Waals surface area contributed by atoms with Gasteiger partial charge in [-0.2, -0.15) is 0 Å². The van der Waals surface area contributed by atoms with Crippen molar-refractivity contribution in [2.75, 3.05) is 41.0 Å². The molecule has 9 nitrogen and oxygen atoms in total. The number of hydrogen-bond donors (Lipinski definition) is 1. The first-order valence-corrected chi connectivity index (χ1v) is 14.0. The largest absolute Gasteiger partial charge is 0.462 e. The van der Waals surface area contributed by atoms with Gasteiger partial charge in [-0.15, -0.1) is 0 Å². The number of aliphatic hydroxyl groups excluding tert-OH is 1. The normalized spacial score (nSPS) is 53.2. The van der Waals surface area contributed by atoms with Gasteiger partial charge in [0.05, 0.1) is 24.9 Å². The van der Waals surface area contributed by atoms with Crippen molar-refractivity contribution >= 4 is 11.9 Å². The number of aliphatic hydroxyl groups is 1. The summed E-state index contributed by atoms with van der Waals surface area (Å²) in [5.41, 5.74) is -1.57. The van der Waals surface area contributed by atoms with Crippen LogP contribution in [0.1, 0.15) is 46.5 Å². The molecular weight excluding hydrogens is 478 g/mol. The Balaban J connectivity index is 1.65. The molecule has 37 heavy (non-hydrogen) atoms. The quantitative estimate of drug-likeness (QED) is 0.501. The van der Waals surface area contributed by atoms with Crippen molar-refractivity contribution in [2.45, 2.75) is 82.5 Å². The lowest BCUT2D eigenvalue weighted by Crippen LogP contribution is -2.76. The van der Waals surface area contributed by atoms with Crippen molar-refractivity contribution in [3.05, 3.63) is 0 Å². The number of methoxy groups -OCH3 is 3. The van der Waals surface area contributed by atoms with Crippen LogP contribution < -0.4 is 0 Å². The number of rotatable bonds is 7. The van der Waals surface area contributed by atoms with Gasteiger partial charge >= 0.3 is 11.9 Å². The maximum Gasteiger partial charge on any atom is 0.303 e. The maximum absolute atomic E-state index is 12.9. The van der Waals surface area contributed by atoms with E-state index < -0.39 is 23.2 Å². The molecule has 6 rings (SSSR count). The fraction of sp³-hybridized carbons (Fsp3) is 0.929. The van der Waals surface area contributed by atoms with Crippen LogP contribution in [0.15, 0.2) is 0 Å². The van der Waals surface area contributed by atoms with Crippen LogP contribution in [-0.4, -0.2) is 99.0 Å². The highest BCUT2D eigenvalue weighted by Gasteiger charge is 2.87. The molecule has 1 N–H and O–H groups in total. The third-order valence-electron chi connectivity index (χ3n) is 11.7. The highest BCUT2D eigenvalue weighted by Crippen LogP contribution is 2.80. The predicted molar refractivity (Wildman–Crippen MR) is 131 cm³/mol. The zero-order chi connectivity index (χ0) is 26.5. The van der Waals surface area contributed by atoms with E-state index in [0.717, 1.165) is 25.9 Å². The summed E-state index contributed by atoms with van der Waals surface area (Å²) in [5, 5.41) is 12.1. The Hall–Kier alpha value is -1.26. The number of carbonyl (C=O) groups excluding carboxylic acids is 2. The number of hydrogen-bond acceptors (Lipinski definition) is 9. The molecule has 6 fully saturated rings. The molecule has 0 aromatic carbocycles. The molecule has 5 saturated carbocycles. The Morgan fingerprint density at radius 2 is 1.81 bits per heavy atom. The van der Waals surface area contributed by atoms with Crippen molar-refractivity contribution in [1.29, 1.82) is 0 Å². The molecule has 1 saturated heterocycles. The van der Waals surface area contributed by atoms with Crippen LogP contribution in [0.2, 0.25) is 0 Å². The van der Waals surface area contributed by atoms with Gasteiger partial charge in [-0.1, -0.05) is 6.92 Å². The van der Waals surface area contributed by atoms with E-state index in [4.69, 9.17) is 23.7 Å². The van der Waals surface area contributed by atoms with E-state index in [2.05, 4.69) is 11.8 Å². The standard InChI is InChI=1S/C28H43NO8/c1-7-29-12-26(13-33-4)9-8-19(32)28-17-10-16-18(34-5)11-27(37-15(3)31,20(17)22(16)36-14(2)30)21(25(28)29)23(35-6)24(26)28/h16-25,32H,7-13H2,1-6H3/t16-,17-,18+,19?,20-,21+,22?,23?,24-,25+,26+,27-,28?/m1/s1. The van der Waals surface area contributed by atoms with Gasteiger partial charge in [0, 0.05) is 88.7 Å². The second-order valence-electron chi connectivity index (χ2n) is 12.7. The molecule has 0 radical (unpaired) electrons. The van der Waals surface area contributed by atoms with E-state index >= 15 is 0 Å². The third-order valence-corrected chi connectivity index (χ3v) is 11.7. The molecule has 0 amide bonds. The fourth-order valence-corrected chi connectivity index (χ4v) is 11.4. The summed E-state index contributed by atoms with van der Waals surface area (Å²) in [6.45, 7) is 7.38. The number of fused-ring (bicyclic) bond motifs is 2. The summed E-state index contributed by atoms with van der Waals surface area (Å²) < 4.78 is 31.0. The minimum atomic E-state index is -0.922. The molecule has 13 atom stereocenters. The van der Waals surface area contributed by atoms with E-state index in [-0.39, 0.29) is 65.2 Å². The molecule has 5 aliphatic carbocycles. The van der Waals surface area contributed by atoms with Crippen molar-refractivity contribution in [2.24, 2.45) is 40.4 Å². The van der Waals surface area contributed by atoms with Crippen molar-refractivity contribution in [1.82, 2.24) is 4.90 Å². The smallest absolute Gasteiger partial charge is 0.303 e. The van der Waals surface area contributed by atoms with E-state index in [1.165, 1.54) is 13.8 Å². The number of carbonyl (C=O) groups is 2. The number of likely N-dealkylation sites (tertiary alicyclic amines) is 1. The van der Waals surface area contributed by atoms with Crippen molar-refractivity contribution in [3.63, 3.8) is 0 Å². The summed E-state index contributed by atoms with van der Waals surface area (Å²) in [6, 6.07) is -0.0133. The minimum absolute atomic E-state index is 0.00590. The Labute approximate surface area is 219 Å². The average molecular weight is 522 g/mol. The Kier molecular flexibility index (Phi) is 6.05. The highest BCUT2D eigenvalue weighted by atomic mass is 16.6. The Morgan fingerprint density at radius 3 is 2.41 bits per heavy atom. The average Bonchev–Trinajstić information content (AvgIpc) is 3.27. The molecule has 1 spiro atoms. The zero-order valence-corrected chi connectivity index (χ0v) is 23.0. The lowest BCUT2D eigenvalue weighted by molar-refractivity contribution is -0.278. The van der Waals surface area contributed by atoms with E-state index in [9.17, 15) is 14.7 Å². The van der Waals surface area contributed by atoms with Crippen LogP contribution in [0.4, 0.5) is 0 Å². The summed E-state index contributed by atoms with van der Waals surface area (Å²) in [6.07, 6.45) is 1.46. The molecule has 6 aliphatic rings. The van der Waals surface area contributed by atoms with Gasteiger partial charge in [-0.3, -0.25) is 14.5 Å². The van der Waals surface area contributed by atoms with Crippen LogP contribution in [0.3, 0.4) is 0 Å². The number of piperidine rings is 1. The van der Waals surface area contributed by atoms with Gasteiger partial charge in [0.2, 0.25) is 0 Å². The Bertz CT molecular complexity index is 960. The van der Waals surface area contributed by atoms with Gasteiger partial charge < -0.3 is 28.8 Å². The highest BCUT2D eigenvalue weighted by molar-refractivity contribution is 5.68. The van der Waals surface area contributed by atoms with Crippen LogP contribution in [0, 0.1) is 40.4 Å². The fourth-order valence-electron chi connectivity index (χ4n) is 11.4. The molecule has 0 aromatic rings. The molecule has 0 aromatic heterocycles. The lowest BCUT2D eigenvalue weighted by atomic mass is 9.43. The summed E-state index contributed by atoms with van der Waals surface area (Å²) in [4.78, 5) is 27.8. The predicted octanol–water partition coefficient (Wildman–Crippen LogP) is 1.64. The van der Waals surface area contributed by atoms with Gasteiger partial charge in [-0.05, 0) is 31.7 Å². The first-order chi connectivity index (χ1) is 17.7. The molecule has 7 bridgehead atoms. The molecule has 1 heterocycles.